The van der Waals surface area contributed by atoms with Crippen molar-refractivity contribution in [1.82, 2.24) is 9.97 Å². The molecule has 0 spiro atoms. The van der Waals surface area contributed by atoms with E-state index in [4.69, 9.17) is 10.5 Å². The maximum atomic E-state index is 5.91. The first-order chi connectivity index (χ1) is 8.19. The molecule has 1 heterocycles. The van der Waals surface area contributed by atoms with Gasteiger partial charge in [-0.05, 0) is 31.0 Å². The molecule has 17 heavy (non-hydrogen) atoms. The Bertz CT molecular complexity index is 526. The SMILES string of the molecule is CCc1ccc(Oc2cc(C)ncn2)c(N)c1. The van der Waals surface area contributed by atoms with Crippen LogP contribution in [0.15, 0.2) is 30.6 Å². The summed E-state index contributed by atoms with van der Waals surface area (Å²) >= 11 is 0. The average molecular weight is 229 g/mol. The van der Waals surface area contributed by atoms with Crippen LogP contribution in [0.25, 0.3) is 0 Å². The number of aromatic nitrogens is 2. The van der Waals surface area contributed by atoms with Crippen LogP contribution in [0.3, 0.4) is 0 Å². The van der Waals surface area contributed by atoms with Crippen LogP contribution in [-0.2, 0) is 6.42 Å². The molecule has 0 aliphatic carbocycles. The van der Waals surface area contributed by atoms with Gasteiger partial charge in [-0.3, -0.25) is 0 Å². The highest BCUT2D eigenvalue weighted by molar-refractivity contribution is 5.55. The van der Waals surface area contributed by atoms with E-state index in [9.17, 15) is 0 Å². The normalized spacial score (nSPS) is 10.2. The molecule has 88 valence electrons. The van der Waals surface area contributed by atoms with Crippen molar-refractivity contribution in [2.75, 3.05) is 5.73 Å². The topological polar surface area (TPSA) is 61.0 Å². The quantitative estimate of drug-likeness (QED) is 0.822. The Morgan fingerprint density at radius 1 is 1.24 bits per heavy atom. The molecule has 0 bridgehead atoms. The Kier molecular flexibility index (Phi) is 3.23. The molecule has 0 aliphatic heterocycles. The van der Waals surface area contributed by atoms with Gasteiger partial charge in [0.1, 0.15) is 6.33 Å². The maximum absolute atomic E-state index is 5.91. The molecule has 0 aliphatic rings. The van der Waals surface area contributed by atoms with Crippen molar-refractivity contribution in [2.24, 2.45) is 0 Å². The molecule has 2 rings (SSSR count). The van der Waals surface area contributed by atoms with Gasteiger partial charge >= 0.3 is 0 Å². The summed E-state index contributed by atoms with van der Waals surface area (Å²) in [6, 6.07) is 7.56. The first-order valence-corrected chi connectivity index (χ1v) is 5.54. The lowest BCUT2D eigenvalue weighted by Gasteiger charge is -2.08. The monoisotopic (exact) mass is 229 g/mol. The minimum atomic E-state index is 0.508. The molecular formula is C13H15N3O. The van der Waals surface area contributed by atoms with E-state index in [2.05, 4.69) is 16.9 Å². The van der Waals surface area contributed by atoms with Crippen molar-refractivity contribution in [1.29, 1.82) is 0 Å². The summed E-state index contributed by atoms with van der Waals surface area (Å²) in [4.78, 5) is 8.04. The molecule has 2 aromatic rings. The molecular weight excluding hydrogens is 214 g/mol. The molecule has 1 aromatic carbocycles. The molecule has 0 fully saturated rings. The van der Waals surface area contributed by atoms with Crippen LogP contribution in [0.2, 0.25) is 0 Å². The number of aryl methyl sites for hydroxylation is 2. The van der Waals surface area contributed by atoms with E-state index in [-0.39, 0.29) is 0 Å². The summed E-state index contributed by atoms with van der Waals surface area (Å²) in [5.74, 6) is 1.13. The Balaban J connectivity index is 2.24. The van der Waals surface area contributed by atoms with Gasteiger partial charge in [0.2, 0.25) is 5.88 Å². The van der Waals surface area contributed by atoms with E-state index in [0.717, 1.165) is 12.1 Å². The van der Waals surface area contributed by atoms with Crippen LogP contribution in [-0.4, -0.2) is 9.97 Å². The Morgan fingerprint density at radius 2 is 2.06 bits per heavy atom. The van der Waals surface area contributed by atoms with Gasteiger partial charge in [0.15, 0.2) is 5.75 Å². The molecule has 0 radical (unpaired) electrons. The second kappa shape index (κ2) is 4.82. The van der Waals surface area contributed by atoms with Crippen molar-refractivity contribution in [3.8, 4) is 11.6 Å². The fourth-order valence-corrected chi connectivity index (χ4v) is 1.51. The lowest BCUT2D eigenvalue weighted by atomic mass is 10.1. The van der Waals surface area contributed by atoms with E-state index in [1.165, 1.54) is 11.9 Å². The number of nitrogens with zero attached hydrogens (tertiary/aromatic N) is 2. The summed E-state index contributed by atoms with van der Waals surface area (Å²) in [6.07, 6.45) is 2.43. The van der Waals surface area contributed by atoms with Crippen molar-refractivity contribution < 1.29 is 4.74 Å². The van der Waals surface area contributed by atoms with Crippen molar-refractivity contribution in [3.05, 3.63) is 41.9 Å². The zero-order valence-electron chi connectivity index (χ0n) is 9.97. The van der Waals surface area contributed by atoms with E-state index >= 15 is 0 Å². The molecule has 0 unspecified atom stereocenters. The highest BCUT2D eigenvalue weighted by Gasteiger charge is 2.04. The smallest absolute Gasteiger partial charge is 0.222 e. The first-order valence-electron chi connectivity index (χ1n) is 5.54. The molecule has 4 nitrogen and oxygen atoms in total. The number of nitrogens with two attached hydrogens (primary N) is 1. The fourth-order valence-electron chi connectivity index (χ4n) is 1.51. The molecule has 4 heteroatoms. The number of hydrogen-bond acceptors (Lipinski definition) is 4. The largest absolute Gasteiger partial charge is 0.437 e. The third kappa shape index (κ3) is 2.72. The van der Waals surface area contributed by atoms with Gasteiger partial charge in [-0.15, -0.1) is 0 Å². The minimum absolute atomic E-state index is 0.508. The molecule has 0 atom stereocenters. The van der Waals surface area contributed by atoms with Crippen molar-refractivity contribution in [3.63, 3.8) is 0 Å². The standard InChI is InChI=1S/C13H15N3O/c1-3-10-4-5-12(11(14)7-10)17-13-6-9(2)15-8-16-13/h4-8H,3,14H2,1-2H3. The number of benzene rings is 1. The molecule has 0 saturated heterocycles. The molecule has 2 N–H and O–H groups in total. The number of ether oxygens (including phenoxy) is 1. The van der Waals surface area contributed by atoms with Gasteiger partial charge in [-0.25, -0.2) is 9.97 Å². The first kappa shape index (κ1) is 11.4. The number of rotatable bonds is 3. The van der Waals surface area contributed by atoms with Gasteiger partial charge in [0, 0.05) is 11.8 Å². The molecule has 0 saturated carbocycles. The van der Waals surface area contributed by atoms with Gasteiger partial charge in [0.25, 0.3) is 0 Å². The van der Waals surface area contributed by atoms with E-state index in [1.54, 1.807) is 6.07 Å². The predicted molar refractivity (Wildman–Crippen MR) is 67.1 cm³/mol. The van der Waals surface area contributed by atoms with Crippen LogP contribution < -0.4 is 10.5 Å². The lowest BCUT2D eigenvalue weighted by Crippen LogP contribution is -1.96. The molecule has 1 aromatic heterocycles. The zero-order chi connectivity index (χ0) is 12.3. The Morgan fingerprint density at radius 3 is 2.71 bits per heavy atom. The predicted octanol–water partition coefficient (Wildman–Crippen LogP) is 2.72. The summed E-state index contributed by atoms with van der Waals surface area (Å²) in [5.41, 5.74) is 8.59. The van der Waals surface area contributed by atoms with Crippen molar-refractivity contribution >= 4 is 5.69 Å². The van der Waals surface area contributed by atoms with Crippen molar-refractivity contribution in [2.45, 2.75) is 20.3 Å². The van der Waals surface area contributed by atoms with Gasteiger partial charge in [0.05, 0.1) is 5.69 Å². The van der Waals surface area contributed by atoms with Crippen LogP contribution in [0.5, 0.6) is 11.6 Å². The zero-order valence-corrected chi connectivity index (χ0v) is 9.97. The average Bonchev–Trinajstić information content (AvgIpc) is 2.32. The third-order valence-electron chi connectivity index (χ3n) is 2.48. The van der Waals surface area contributed by atoms with E-state index in [1.807, 2.05) is 25.1 Å². The van der Waals surface area contributed by atoms with Gasteiger partial charge in [-0.1, -0.05) is 13.0 Å². The fraction of sp³-hybridized carbons (Fsp3) is 0.231. The Labute approximate surface area is 100 Å². The Hall–Kier alpha value is -2.10. The molecule has 0 amide bonds. The van der Waals surface area contributed by atoms with Gasteiger partial charge < -0.3 is 10.5 Å². The number of hydrogen-bond donors (Lipinski definition) is 1. The van der Waals surface area contributed by atoms with E-state index in [0.29, 0.717) is 17.3 Å². The van der Waals surface area contributed by atoms with E-state index < -0.39 is 0 Å². The maximum Gasteiger partial charge on any atom is 0.222 e. The number of anilines is 1. The summed E-state index contributed by atoms with van der Waals surface area (Å²) in [5, 5.41) is 0. The second-order valence-corrected chi connectivity index (χ2v) is 3.83. The summed E-state index contributed by atoms with van der Waals surface area (Å²) in [7, 11) is 0. The lowest BCUT2D eigenvalue weighted by molar-refractivity contribution is 0.463. The van der Waals surface area contributed by atoms with Crippen LogP contribution in [0.4, 0.5) is 5.69 Å². The number of nitrogen functional groups attached to an aromatic ring is 1. The second-order valence-electron chi connectivity index (χ2n) is 3.83. The summed E-state index contributed by atoms with van der Waals surface area (Å²) < 4.78 is 5.61. The highest BCUT2D eigenvalue weighted by Crippen LogP contribution is 2.27. The van der Waals surface area contributed by atoms with Crippen LogP contribution in [0, 0.1) is 6.92 Å². The van der Waals surface area contributed by atoms with Crippen LogP contribution >= 0.6 is 0 Å². The van der Waals surface area contributed by atoms with Gasteiger partial charge in [-0.2, -0.15) is 0 Å². The summed E-state index contributed by atoms with van der Waals surface area (Å²) in [6.45, 7) is 3.97. The highest BCUT2D eigenvalue weighted by atomic mass is 16.5. The third-order valence-corrected chi connectivity index (χ3v) is 2.48. The van der Waals surface area contributed by atoms with Crippen LogP contribution in [0.1, 0.15) is 18.2 Å². The minimum Gasteiger partial charge on any atom is -0.437 e.